The van der Waals surface area contributed by atoms with Crippen LogP contribution in [-0.4, -0.2) is 25.1 Å². The van der Waals surface area contributed by atoms with Gasteiger partial charge in [0.05, 0.1) is 11.0 Å². The van der Waals surface area contributed by atoms with E-state index in [9.17, 15) is 9.90 Å². The Morgan fingerprint density at radius 2 is 1.92 bits per heavy atom. The third kappa shape index (κ3) is 3.05. The van der Waals surface area contributed by atoms with E-state index in [1.165, 1.54) is 0 Å². The van der Waals surface area contributed by atoms with Crippen molar-refractivity contribution in [2.24, 2.45) is 7.05 Å². The molecule has 3 rings (SSSR count). The number of rotatable bonds is 5. The molecule has 0 aliphatic carbocycles. The lowest BCUT2D eigenvalue weighted by Crippen LogP contribution is -2.15. The Labute approximate surface area is 140 Å². The first-order valence-electron chi connectivity index (χ1n) is 7.98. The van der Waals surface area contributed by atoms with Gasteiger partial charge in [-0.3, -0.25) is 4.79 Å². The van der Waals surface area contributed by atoms with E-state index in [0.29, 0.717) is 18.8 Å². The maximum absolute atomic E-state index is 12.2. The normalized spacial score (nSPS) is 11.2. The standard InChI is InChI=1S/C18H22N4O2/c1-12-4-5-13(2)22(12)9-8-18(24)19-14-6-7-16-15(10-14)20-17(11-23)21(16)3/h4-7,10,23H,8-9,11H2,1-3H3,(H,19,24). The van der Waals surface area contributed by atoms with E-state index in [0.717, 1.165) is 28.1 Å². The Balaban J connectivity index is 1.69. The van der Waals surface area contributed by atoms with Gasteiger partial charge in [0.15, 0.2) is 0 Å². The summed E-state index contributed by atoms with van der Waals surface area (Å²) >= 11 is 0. The molecule has 2 heterocycles. The molecule has 3 aromatic rings. The second-order valence-corrected chi connectivity index (χ2v) is 6.01. The number of nitrogens with zero attached hydrogens (tertiary/aromatic N) is 3. The van der Waals surface area contributed by atoms with Crippen LogP contribution >= 0.6 is 0 Å². The largest absolute Gasteiger partial charge is 0.388 e. The van der Waals surface area contributed by atoms with Crippen LogP contribution in [0.15, 0.2) is 30.3 Å². The fourth-order valence-electron chi connectivity index (χ4n) is 2.96. The zero-order valence-corrected chi connectivity index (χ0v) is 14.2. The number of hydrogen-bond donors (Lipinski definition) is 2. The minimum absolute atomic E-state index is 0.0276. The molecule has 1 aromatic carbocycles. The molecule has 0 unspecified atom stereocenters. The van der Waals surface area contributed by atoms with Crippen LogP contribution in [0, 0.1) is 13.8 Å². The predicted octanol–water partition coefficient (Wildman–Crippen LogP) is 2.51. The first kappa shape index (κ1) is 16.3. The van der Waals surface area contributed by atoms with E-state index in [1.807, 2.05) is 43.7 Å². The maximum atomic E-state index is 12.2. The molecule has 0 bridgehead atoms. The molecule has 1 amide bonds. The Morgan fingerprint density at radius 3 is 2.58 bits per heavy atom. The summed E-state index contributed by atoms with van der Waals surface area (Å²) in [6.07, 6.45) is 0.415. The van der Waals surface area contributed by atoms with Crippen LogP contribution in [0.5, 0.6) is 0 Å². The summed E-state index contributed by atoms with van der Waals surface area (Å²) in [6, 6.07) is 9.70. The van der Waals surface area contributed by atoms with Gasteiger partial charge < -0.3 is 19.6 Å². The summed E-state index contributed by atoms with van der Waals surface area (Å²) < 4.78 is 3.98. The molecule has 0 saturated carbocycles. The zero-order chi connectivity index (χ0) is 17.3. The van der Waals surface area contributed by atoms with Gasteiger partial charge in [0.25, 0.3) is 0 Å². The minimum Gasteiger partial charge on any atom is -0.388 e. The molecule has 6 nitrogen and oxygen atoms in total. The number of anilines is 1. The van der Waals surface area contributed by atoms with Gasteiger partial charge >= 0.3 is 0 Å². The van der Waals surface area contributed by atoms with Crippen molar-refractivity contribution in [1.29, 1.82) is 0 Å². The Bertz CT molecular complexity index is 872. The highest BCUT2D eigenvalue weighted by molar-refractivity contribution is 5.93. The SMILES string of the molecule is Cc1ccc(C)n1CCC(=O)Nc1ccc2c(c1)nc(CO)n2C. The van der Waals surface area contributed by atoms with E-state index in [4.69, 9.17) is 0 Å². The number of carbonyl (C=O) groups is 1. The van der Waals surface area contributed by atoms with Crippen LogP contribution in [0.3, 0.4) is 0 Å². The van der Waals surface area contributed by atoms with E-state index >= 15 is 0 Å². The van der Waals surface area contributed by atoms with Gasteiger partial charge in [0, 0.05) is 37.1 Å². The number of nitrogens with one attached hydrogen (secondary N) is 1. The average Bonchev–Trinajstić information content (AvgIpc) is 3.05. The summed E-state index contributed by atoms with van der Waals surface area (Å²) in [7, 11) is 1.86. The highest BCUT2D eigenvalue weighted by Gasteiger charge is 2.10. The van der Waals surface area contributed by atoms with Crippen molar-refractivity contribution in [2.45, 2.75) is 33.4 Å². The lowest BCUT2D eigenvalue weighted by Gasteiger charge is -2.10. The number of aromatic nitrogens is 3. The van der Waals surface area contributed by atoms with Crippen LogP contribution in [-0.2, 0) is 25.0 Å². The highest BCUT2D eigenvalue weighted by atomic mass is 16.3. The summed E-state index contributed by atoms with van der Waals surface area (Å²) in [5.74, 6) is 0.576. The lowest BCUT2D eigenvalue weighted by atomic mass is 10.2. The van der Waals surface area contributed by atoms with Crippen LogP contribution < -0.4 is 5.32 Å². The van der Waals surface area contributed by atoms with Crippen LogP contribution in [0.25, 0.3) is 11.0 Å². The summed E-state index contributed by atoms with van der Waals surface area (Å²) in [4.78, 5) is 16.6. The molecule has 126 valence electrons. The van der Waals surface area contributed by atoms with E-state index in [-0.39, 0.29) is 12.5 Å². The van der Waals surface area contributed by atoms with Crippen molar-refractivity contribution < 1.29 is 9.90 Å². The van der Waals surface area contributed by atoms with Gasteiger partial charge in [-0.25, -0.2) is 4.98 Å². The molecule has 2 N–H and O–H groups in total. The van der Waals surface area contributed by atoms with E-state index < -0.39 is 0 Å². The van der Waals surface area contributed by atoms with Crippen molar-refractivity contribution in [1.82, 2.24) is 14.1 Å². The number of benzene rings is 1. The molecule has 0 saturated heterocycles. The molecule has 6 heteroatoms. The number of fused-ring (bicyclic) bond motifs is 1. The minimum atomic E-state index is -0.109. The summed E-state index contributed by atoms with van der Waals surface area (Å²) in [5, 5.41) is 12.2. The molecular weight excluding hydrogens is 304 g/mol. The first-order chi connectivity index (χ1) is 11.5. The number of hydrogen-bond acceptors (Lipinski definition) is 3. The number of aliphatic hydroxyl groups is 1. The molecule has 24 heavy (non-hydrogen) atoms. The maximum Gasteiger partial charge on any atom is 0.226 e. The summed E-state index contributed by atoms with van der Waals surface area (Å²) in [6.45, 7) is 4.64. The highest BCUT2D eigenvalue weighted by Crippen LogP contribution is 2.20. The third-order valence-corrected chi connectivity index (χ3v) is 4.38. The van der Waals surface area contributed by atoms with Crippen molar-refractivity contribution in [3.05, 3.63) is 47.5 Å². The van der Waals surface area contributed by atoms with Crippen molar-refractivity contribution in [3.63, 3.8) is 0 Å². The Morgan fingerprint density at radius 1 is 1.21 bits per heavy atom. The van der Waals surface area contributed by atoms with E-state index in [2.05, 4.69) is 27.0 Å². The molecule has 0 atom stereocenters. The van der Waals surface area contributed by atoms with Gasteiger partial charge in [-0.15, -0.1) is 0 Å². The predicted molar refractivity (Wildman–Crippen MR) is 93.8 cm³/mol. The third-order valence-electron chi connectivity index (χ3n) is 4.38. The van der Waals surface area contributed by atoms with Crippen molar-refractivity contribution in [2.75, 3.05) is 5.32 Å². The van der Waals surface area contributed by atoms with Gasteiger partial charge in [0.2, 0.25) is 5.91 Å². The Hall–Kier alpha value is -2.60. The monoisotopic (exact) mass is 326 g/mol. The van der Waals surface area contributed by atoms with Crippen LogP contribution in [0.2, 0.25) is 0 Å². The lowest BCUT2D eigenvalue weighted by molar-refractivity contribution is -0.116. The van der Waals surface area contributed by atoms with Crippen molar-refractivity contribution >= 4 is 22.6 Å². The second-order valence-electron chi connectivity index (χ2n) is 6.01. The zero-order valence-electron chi connectivity index (χ0n) is 14.2. The molecule has 0 aliphatic heterocycles. The fourth-order valence-corrected chi connectivity index (χ4v) is 2.96. The summed E-state index contributed by atoms with van der Waals surface area (Å²) in [5.41, 5.74) is 4.72. The molecule has 0 spiro atoms. The Kier molecular flexibility index (Phi) is 4.40. The van der Waals surface area contributed by atoms with Gasteiger partial charge in [-0.05, 0) is 44.2 Å². The first-order valence-corrected chi connectivity index (χ1v) is 7.98. The van der Waals surface area contributed by atoms with E-state index in [1.54, 1.807) is 0 Å². The number of carbonyl (C=O) groups excluding carboxylic acids is 1. The number of imidazole rings is 1. The van der Waals surface area contributed by atoms with Crippen LogP contribution in [0.1, 0.15) is 23.6 Å². The fraction of sp³-hybridized carbons (Fsp3) is 0.333. The topological polar surface area (TPSA) is 72.1 Å². The van der Waals surface area contributed by atoms with Gasteiger partial charge in [-0.1, -0.05) is 0 Å². The average molecular weight is 326 g/mol. The molecule has 0 radical (unpaired) electrons. The molecule has 2 aromatic heterocycles. The quantitative estimate of drug-likeness (QED) is 0.757. The second kappa shape index (κ2) is 6.49. The molecule has 0 fully saturated rings. The van der Waals surface area contributed by atoms with Crippen molar-refractivity contribution in [3.8, 4) is 0 Å². The smallest absolute Gasteiger partial charge is 0.226 e. The van der Waals surface area contributed by atoms with Gasteiger partial charge in [-0.2, -0.15) is 0 Å². The number of aliphatic hydroxyl groups excluding tert-OH is 1. The number of aryl methyl sites for hydroxylation is 3. The molecule has 0 aliphatic rings. The van der Waals surface area contributed by atoms with Gasteiger partial charge in [0.1, 0.15) is 12.4 Å². The number of amides is 1. The van der Waals surface area contributed by atoms with Crippen LogP contribution in [0.4, 0.5) is 5.69 Å². The molecular formula is C18H22N4O2.